The van der Waals surface area contributed by atoms with Crippen LogP contribution in [0.2, 0.25) is 0 Å². The number of nitrogens with two attached hydrogens (primary N) is 1. The van der Waals surface area contributed by atoms with Crippen LogP contribution in [-0.4, -0.2) is 69.6 Å². The van der Waals surface area contributed by atoms with Gasteiger partial charge in [-0.25, -0.2) is 0 Å². The summed E-state index contributed by atoms with van der Waals surface area (Å²) >= 11 is 0. The Kier molecular flexibility index (Phi) is 10.3. The molecule has 1 amide bonds. The van der Waals surface area contributed by atoms with Crippen LogP contribution in [0.1, 0.15) is 32.6 Å². The van der Waals surface area contributed by atoms with Gasteiger partial charge in [0.15, 0.2) is 5.96 Å². The van der Waals surface area contributed by atoms with Crippen LogP contribution in [0.5, 0.6) is 0 Å². The maximum Gasteiger partial charge on any atom is 0.221 e. The molecule has 0 aliphatic carbocycles. The fraction of sp³-hybridized carbons (Fsp3) is 0.636. The molecular weight excluding hydrogens is 364 g/mol. The van der Waals surface area contributed by atoms with Crippen molar-refractivity contribution >= 4 is 17.6 Å². The van der Waals surface area contributed by atoms with Crippen LogP contribution in [0.4, 0.5) is 5.69 Å². The van der Waals surface area contributed by atoms with Gasteiger partial charge in [-0.05, 0) is 57.8 Å². The van der Waals surface area contributed by atoms with E-state index in [0.717, 1.165) is 77.5 Å². The number of primary amides is 1. The summed E-state index contributed by atoms with van der Waals surface area (Å²) in [5.74, 6) is 0.706. The van der Waals surface area contributed by atoms with Gasteiger partial charge in [-0.3, -0.25) is 9.79 Å². The zero-order valence-corrected chi connectivity index (χ0v) is 18.1. The maximum absolute atomic E-state index is 11.4. The topological polar surface area (TPSA) is 86.0 Å². The summed E-state index contributed by atoms with van der Waals surface area (Å²) in [5.41, 5.74) is 6.73. The highest BCUT2D eigenvalue weighted by Gasteiger charge is 2.23. The van der Waals surface area contributed by atoms with E-state index in [1.807, 2.05) is 0 Å². The number of hydrogen-bond acceptors (Lipinski definition) is 4. The Labute approximate surface area is 175 Å². The molecule has 29 heavy (non-hydrogen) atoms. The highest BCUT2D eigenvalue weighted by molar-refractivity contribution is 5.79. The third kappa shape index (κ3) is 8.31. The number of likely N-dealkylation sites (tertiary alicyclic amines) is 1. The molecule has 1 saturated heterocycles. The number of guanidine groups is 1. The van der Waals surface area contributed by atoms with Crippen LogP contribution < -0.4 is 21.3 Å². The average Bonchev–Trinajstić information content (AvgIpc) is 2.76. The predicted molar refractivity (Wildman–Crippen MR) is 121 cm³/mol. The van der Waals surface area contributed by atoms with Gasteiger partial charge in [0.05, 0.1) is 5.92 Å². The second-order valence-electron chi connectivity index (χ2n) is 7.59. The summed E-state index contributed by atoms with van der Waals surface area (Å²) < 4.78 is 0. The molecule has 0 saturated carbocycles. The smallest absolute Gasteiger partial charge is 0.221 e. The molecule has 7 nitrogen and oxygen atoms in total. The van der Waals surface area contributed by atoms with E-state index < -0.39 is 0 Å². The molecule has 1 aliphatic rings. The van der Waals surface area contributed by atoms with Gasteiger partial charge >= 0.3 is 0 Å². The van der Waals surface area contributed by atoms with E-state index in [1.54, 1.807) is 7.05 Å². The quantitative estimate of drug-likeness (QED) is 0.298. The van der Waals surface area contributed by atoms with Crippen molar-refractivity contribution in [3.63, 3.8) is 0 Å². The number of carbonyl (C=O) groups excluding carboxylic acids is 1. The maximum atomic E-state index is 11.4. The number of nitrogens with zero attached hydrogens (tertiary/aromatic N) is 3. The molecule has 1 heterocycles. The minimum atomic E-state index is -0.161. The van der Waals surface area contributed by atoms with E-state index in [4.69, 9.17) is 5.73 Å². The summed E-state index contributed by atoms with van der Waals surface area (Å²) in [6, 6.07) is 10.5. The van der Waals surface area contributed by atoms with Crippen LogP contribution in [0, 0.1) is 5.92 Å². The Morgan fingerprint density at radius 3 is 2.62 bits per heavy atom. The Hall–Kier alpha value is -2.28. The SMILES string of the molecule is CCN(CCCNC(=NC)NCCCN1CCCC(C(N)=O)C1)c1ccccc1. The number of amides is 1. The number of nitrogens with one attached hydrogen (secondary N) is 2. The average molecular weight is 403 g/mol. The molecule has 1 unspecified atom stereocenters. The second kappa shape index (κ2) is 13.0. The van der Waals surface area contributed by atoms with E-state index in [9.17, 15) is 4.79 Å². The Bertz CT molecular complexity index is 621. The second-order valence-corrected chi connectivity index (χ2v) is 7.59. The lowest BCUT2D eigenvalue weighted by molar-refractivity contribution is -0.123. The standard InChI is InChI=1S/C22H38N6O/c1-3-28(20-11-5-4-6-12-20)17-9-14-26-22(24-2)25-13-8-16-27-15-7-10-19(18-27)21(23)29/h4-6,11-12,19H,3,7-10,13-18H2,1-2H3,(H2,23,29)(H2,24,25,26). The number of para-hydroxylation sites is 1. The number of rotatable bonds is 11. The third-order valence-corrected chi connectivity index (χ3v) is 5.48. The molecule has 1 fully saturated rings. The largest absolute Gasteiger partial charge is 0.372 e. The van der Waals surface area contributed by atoms with Gasteiger partial charge in [-0.2, -0.15) is 0 Å². The Morgan fingerprint density at radius 1 is 1.24 bits per heavy atom. The van der Waals surface area contributed by atoms with Gasteiger partial charge in [0.25, 0.3) is 0 Å². The molecule has 0 spiro atoms. The fourth-order valence-corrected chi connectivity index (χ4v) is 3.81. The molecule has 0 bridgehead atoms. The molecule has 0 radical (unpaired) electrons. The van der Waals surface area contributed by atoms with Crippen LogP contribution in [0.15, 0.2) is 35.3 Å². The highest BCUT2D eigenvalue weighted by atomic mass is 16.1. The minimum absolute atomic E-state index is 0.0183. The number of aliphatic imine (C=N–C) groups is 1. The van der Waals surface area contributed by atoms with Crippen molar-refractivity contribution in [3.8, 4) is 0 Å². The first-order chi connectivity index (χ1) is 14.1. The van der Waals surface area contributed by atoms with Crippen molar-refractivity contribution in [2.24, 2.45) is 16.6 Å². The number of hydrogen-bond donors (Lipinski definition) is 3. The monoisotopic (exact) mass is 402 g/mol. The molecule has 1 aromatic rings. The van der Waals surface area contributed by atoms with Crippen LogP contribution in [0.3, 0.4) is 0 Å². The van der Waals surface area contributed by atoms with Crippen molar-refractivity contribution in [2.75, 3.05) is 57.8 Å². The first-order valence-corrected chi connectivity index (χ1v) is 10.9. The summed E-state index contributed by atoms with van der Waals surface area (Å²) in [6.07, 6.45) is 4.05. The molecule has 0 aromatic heterocycles. The molecular formula is C22H38N6O. The van der Waals surface area contributed by atoms with E-state index >= 15 is 0 Å². The van der Waals surface area contributed by atoms with Crippen LogP contribution in [0.25, 0.3) is 0 Å². The molecule has 1 aromatic carbocycles. The van der Waals surface area contributed by atoms with Gasteiger partial charge in [-0.15, -0.1) is 0 Å². The van der Waals surface area contributed by atoms with Gasteiger partial charge in [0.2, 0.25) is 5.91 Å². The molecule has 1 aliphatic heterocycles. The third-order valence-electron chi connectivity index (χ3n) is 5.48. The van der Waals surface area contributed by atoms with Gasteiger partial charge < -0.3 is 26.2 Å². The number of benzene rings is 1. The van der Waals surface area contributed by atoms with E-state index in [-0.39, 0.29) is 11.8 Å². The highest BCUT2D eigenvalue weighted by Crippen LogP contribution is 2.16. The summed E-state index contributed by atoms with van der Waals surface area (Å²) in [6.45, 7) is 8.80. The van der Waals surface area contributed by atoms with E-state index in [2.05, 4.69) is 62.7 Å². The Morgan fingerprint density at radius 2 is 1.97 bits per heavy atom. The first kappa shape index (κ1) is 23.0. The lowest BCUT2D eigenvalue weighted by Gasteiger charge is -2.31. The summed E-state index contributed by atoms with van der Waals surface area (Å²) in [7, 11) is 1.81. The van der Waals surface area contributed by atoms with Gasteiger partial charge in [0, 0.05) is 45.5 Å². The summed E-state index contributed by atoms with van der Waals surface area (Å²) in [5, 5.41) is 6.78. The lowest BCUT2D eigenvalue weighted by Crippen LogP contribution is -2.43. The summed E-state index contributed by atoms with van der Waals surface area (Å²) in [4.78, 5) is 20.4. The Balaban J connectivity index is 1.59. The van der Waals surface area contributed by atoms with Gasteiger partial charge in [-0.1, -0.05) is 18.2 Å². The van der Waals surface area contributed by atoms with E-state index in [0.29, 0.717) is 0 Å². The van der Waals surface area contributed by atoms with E-state index in [1.165, 1.54) is 5.69 Å². The van der Waals surface area contributed by atoms with Crippen molar-refractivity contribution in [1.29, 1.82) is 0 Å². The zero-order chi connectivity index (χ0) is 20.9. The molecule has 7 heteroatoms. The van der Waals surface area contributed by atoms with Gasteiger partial charge in [0.1, 0.15) is 0 Å². The number of piperidine rings is 1. The van der Waals surface area contributed by atoms with Crippen molar-refractivity contribution in [1.82, 2.24) is 15.5 Å². The lowest BCUT2D eigenvalue weighted by atomic mass is 9.97. The normalized spacial score (nSPS) is 17.7. The van der Waals surface area contributed by atoms with Crippen LogP contribution >= 0.6 is 0 Å². The minimum Gasteiger partial charge on any atom is -0.372 e. The molecule has 1 atom stereocenters. The predicted octanol–water partition coefficient (Wildman–Crippen LogP) is 1.66. The number of anilines is 1. The molecule has 162 valence electrons. The van der Waals surface area contributed by atoms with Crippen molar-refractivity contribution < 1.29 is 4.79 Å². The molecule has 4 N–H and O–H groups in total. The van der Waals surface area contributed by atoms with Crippen molar-refractivity contribution in [2.45, 2.75) is 32.6 Å². The van der Waals surface area contributed by atoms with Crippen molar-refractivity contribution in [3.05, 3.63) is 30.3 Å². The zero-order valence-electron chi connectivity index (χ0n) is 18.1. The van der Waals surface area contributed by atoms with Crippen LogP contribution in [-0.2, 0) is 4.79 Å². The molecule has 2 rings (SSSR count). The fourth-order valence-electron chi connectivity index (χ4n) is 3.81. The first-order valence-electron chi connectivity index (χ1n) is 10.9. The number of carbonyl (C=O) groups is 1.